The number of carbonyl (C=O) groups is 1. The van der Waals surface area contributed by atoms with Crippen LogP contribution in [0.5, 0.6) is 0 Å². The van der Waals surface area contributed by atoms with Gasteiger partial charge in [0.05, 0.1) is 0 Å². The Morgan fingerprint density at radius 2 is 1.88 bits per heavy atom. The van der Waals surface area contributed by atoms with Crippen LogP contribution in [-0.2, 0) is 14.8 Å². The van der Waals surface area contributed by atoms with Gasteiger partial charge in [-0.25, -0.2) is 8.42 Å². The highest BCUT2D eigenvalue weighted by molar-refractivity contribution is 7.91. The molecular weight excluding hydrogens is 460 g/mol. The fourth-order valence-electron chi connectivity index (χ4n) is 3.86. The van der Waals surface area contributed by atoms with Gasteiger partial charge in [-0.15, -0.1) is 11.3 Å². The third kappa shape index (κ3) is 4.64. The number of thiophene rings is 1. The van der Waals surface area contributed by atoms with Gasteiger partial charge in [0.2, 0.25) is 17.6 Å². The molecule has 2 aromatic heterocycles. The normalized spacial score (nSPS) is 18.0. The molecule has 0 spiro atoms. The Labute approximate surface area is 196 Å². The van der Waals surface area contributed by atoms with Crippen molar-refractivity contribution in [1.82, 2.24) is 19.3 Å². The van der Waals surface area contributed by atoms with E-state index < -0.39 is 10.0 Å². The summed E-state index contributed by atoms with van der Waals surface area (Å²) in [5, 5.41) is 5.77. The van der Waals surface area contributed by atoms with E-state index in [1.165, 1.54) is 16.8 Å². The lowest BCUT2D eigenvalue weighted by atomic mass is 9.85. The highest BCUT2D eigenvalue weighted by Crippen LogP contribution is 2.37. The van der Waals surface area contributed by atoms with Crippen molar-refractivity contribution in [3.8, 4) is 11.4 Å². The van der Waals surface area contributed by atoms with Crippen LogP contribution in [0.25, 0.3) is 17.5 Å². The number of sulfonamides is 1. The summed E-state index contributed by atoms with van der Waals surface area (Å²) >= 11 is 1.15. The van der Waals surface area contributed by atoms with Gasteiger partial charge in [-0.05, 0) is 30.5 Å². The van der Waals surface area contributed by atoms with E-state index in [4.69, 9.17) is 4.52 Å². The van der Waals surface area contributed by atoms with Crippen molar-refractivity contribution in [3.05, 3.63) is 59.3 Å². The molecule has 1 aliphatic heterocycles. The van der Waals surface area contributed by atoms with E-state index in [2.05, 4.69) is 10.1 Å². The van der Waals surface area contributed by atoms with Crippen LogP contribution in [0.15, 0.2) is 56.6 Å². The van der Waals surface area contributed by atoms with Crippen LogP contribution in [0.1, 0.15) is 36.6 Å². The SMILES string of the molecule is O=C(C=Cc1ccccc1)N1CCN(S(=O)(=O)c2cc(-c3noc(C4CCC4)n3)cs2)CC1. The standard InChI is InChI=1S/C23H24N4O4S2/c28-20(10-9-17-5-2-1-3-6-17)26-11-13-27(14-12-26)33(29,30)21-15-19(16-32-21)22-24-23(31-25-22)18-7-4-8-18/h1-3,5-6,9-10,15-16,18H,4,7-8,11-14H2. The molecule has 0 radical (unpaired) electrons. The van der Waals surface area contributed by atoms with Gasteiger partial charge in [0, 0.05) is 49.1 Å². The minimum atomic E-state index is -3.65. The molecule has 3 heterocycles. The second-order valence-electron chi connectivity index (χ2n) is 8.21. The van der Waals surface area contributed by atoms with Gasteiger partial charge in [-0.1, -0.05) is 41.9 Å². The molecule has 172 valence electrons. The maximum Gasteiger partial charge on any atom is 0.252 e. The third-order valence-electron chi connectivity index (χ3n) is 6.09. The molecule has 1 saturated carbocycles. The minimum Gasteiger partial charge on any atom is -0.339 e. The van der Waals surface area contributed by atoms with Crippen molar-refractivity contribution in [1.29, 1.82) is 0 Å². The van der Waals surface area contributed by atoms with Crippen molar-refractivity contribution >= 4 is 33.3 Å². The van der Waals surface area contributed by atoms with Crippen LogP contribution in [0.3, 0.4) is 0 Å². The molecule has 0 N–H and O–H groups in total. The Bertz CT molecular complexity index is 1250. The molecule has 1 amide bonds. The van der Waals surface area contributed by atoms with Crippen molar-refractivity contribution in [3.63, 3.8) is 0 Å². The summed E-state index contributed by atoms with van der Waals surface area (Å²) in [4.78, 5) is 18.6. The van der Waals surface area contributed by atoms with E-state index in [1.54, 1.807) is 22.4 Å². The first kappa shape index (κ1) is 22.0. The highest BCUT2D eigenvalue weighted by Gasteiger charge is 2.31. The predicted octanol–water partition coefficient (Wildman–Crippen LogP) is 3.61. The second kappa shape index (κ2) is 9.20. The molecular formula is C23H24N4O4S2. The summed E-state index contributed by atoms with van der Waals surface area (Å²) < 4.78 is 33.3. The topological polar surface area (TPSA) is 96.6 Å². The van der Waals surface area contributed by atoms with E-state index in [0.717, 1.165) is 29.7 Å². The van der Waals surface area contributed by atoms with E-state index in [9.17, 15) is 13.2 Å². The summed E-state index contributed by atoms with van der Waals surface area (Å²) in [6.45, 7) is 1.22. The lowest BCUT2D eigenvalue weighted by molar-refractivity contribution is -0.127. The average Bonchev–Trinajstić information content (AvgIpc) is 3.47. The Morgan fingerprint density at radius 1 is 1.12 bits per heavy atom. The molecule has 8 nitrogen and oxygen atoms in total. The number of rotatable bonds is 6. The summed E-state index contributed by atoms with van der Waals surface area (Å²) in [6.07, 6.45) is 6.59. The zero-order valence-corrected chi connectivity index (χ0v) is 19.6. The van der Waals surface area contributed by atoms with Gasteiger partial charge in [0.25, 0.3) is 10.0 Å². The van der Waals surface area contributed by atoms with Crippen LogP contribution < -0.4 is 0 Å². The summed E-state index contributed by atoms with van der Waals surface area (Å²) in [5.41, 5.74) is 1.59. The maximum absolute atomic E-state index is 13.1. The van der Waals surface area contributed by atoms with Crippen LogP contribution in [0.2, 0.25) is 0 Å². The average molecular weight is 485 g/mol. The van der Waals surface area contributed by atoms with Gasteiger partial charge in [0.1, 0.15) is 4.21 Å². The molecule has 33 heavy (non-hydrogen) atoms. The summed E-state index contributed by atoms with van der Waals surface area (Å²) in [6, 6.07) is 11.2. The van der Waals surface area contributed by atoms with Crippen LogP contribution in [0.4, 0.5) is 0 Å². The monoisotopic (exact) mass is 484 g/mol. The smallest absolute Gasteiger partial charge is 0.252 e. The molecule has 3 aromatic rings. The minimum absolute atomic E-state index is 0.117. The first-order valence-corrected chi connectivity index (χ1v) is 13.3. The Hall–Kier alpha value is -2.82. The summed E-state index contributed by atoms with van der Waals surface area (Å²) in [5.74, 6) is 1.27. The van der Waals surface area contributed by atoms with Crippen molar-refractivity contribution in [2.24, 2.45) is 0 Å². The van der Waals surface area contributed by atoms with Gasteiger partial charge in [0.15, 0.2) is 0 Å². The lowest BCUT2D eigenvalue weighted by Gasteiger charge is -2.33. The van der Waals surface area contributed by atoms with E-state index in [-0.39, 0.29) is 23.2 Å². The summed E-state index contributed by atoms with van der Waals surface area (Å²) in [7, 11) is -3.65. The molecule has 0 bridgehead atoms. The molecule has 2 fully saturated rings. The van der Waals surface area contributed by atoms with Gasteiger partial charge >= 0.3 is 0 Å². The molecule has 0 atom stereocenters. The quantitative estimate of drug-likeness (QED) is 0.496. The Balaban J connectivity index is 1.21. The predicted molar refractivity (Wildman–Crippen MR) is 125 cm³/mol. The van der Waals surface area contributed by atoms with Gasteiger partial charge < -0.3 is 9.42 Å². The number of aromatic nitrogens is 2. The number of carbonyl (C=O) groups excluding carboxylic acids is 1. The third-order valence-corrected chi connectivity index (χ3v) is 9.41. The fourth-order valence-corrected chi connectivity index (χ4v) is 6.59. The molecule has 1 aromatic carbocycles. The number of piperazine rings is 1. The number of benzene rings is 1. The number of nitrogens with zero attached hydrogens (tertiary/aromatic N) is 4. The zero-order valence-electron chi connectivity index (χ0n) is 18.0. The van der Waals surface area contributed by atoms with Crippen LogP contribution in [0, 0.1) is 0 Å². The van der Waals surface area contributed by atoms with E-state index in [0.29, 0.717) is 36.3 Å². The van der Waals surface area contributed by atoms with Crippen LogP contribution in [-0.4, -0.2) is 59.8 Å². The van der Waals surface area contributed by atoms with Gasteiger partial charge in [-0.2, -0.15) is 9.29 Å². The Morgan fingerprint density at radius 3 is 2.58 bits per heavy atom. The van der Waals surface area contributed by atoms with Crippen molar-refractivity contribution in [2.75, 3.05) is 26.2 Å². The largest absolute Gasteiger partial charge is 0.339 e. The number of amides is 1. The maximum atomic E-state index is 13.1. The van der Waals surface area contributed by atoms with Crippen molar-refractivity contribution in [2.45, 2.75) is 29.4 Å². The lowest BCUT2D eigenvalue weighted by Crippen LogP contribution is -2.50. The molecule has 1 aliphatic carbocycles. The number of hydrogen-bond acceptors (Lipinski definition) is 7. The molecule has 2 aliphatic rings. The molecule has 0 unspecified atom stereocenters. The van der Waals surface area contributed by atoms with E-state index in [1.807, 2.05) is 30.3 Å². The van der Waals surface area contributed by atoms with Gasteiger partial charge in [-0.3, -0.25) is 4.79 Å². The zero-order chi connectivity index (χ0) is 22.8. The fraction of sp³-hybridized carbons (Fsp3) is 0.348. The Kier molecular flexibility index (Phi) is 6.13. The first-order chi connectivity index (χ1) is 16.0. The molecule has 10 heteroatoms. The number of hydrogen-bond donors (Lipinski definition) is 0. The first-order valence-electron chi connectivity index (χ1n) is 11.0. The molecule has 1 saturated heterocycles. The second-order valence-corrected chi connectivity index (χ2v) is 11.3. The highest BCUT2D eigenvalue weighted by atomic mass is 32.2. The van der Waals surface area contributed by atoms with E-state index >= 15 is 0 Å². The van der Waals surface area contributed by atoms with Crippen LogP contribution >= 0.6 is 11.3 Å². The molecule has 5 rings (SSSR count). The van der Waals surface area contributed by atoms with Crippen molar-refractivity contribution < 1.29 is 17.7 Å².